The van der Waals surface area contributed by atoms with E-state index in [1.807, 2.05) is 0 Å². The molecular weight excluding hydrogens is 361 g/mol. The Morgan fingerprint density at radius 2 is 1.77 bits per heavy atom. The number of esters is 1. The van der Waals surface area contributed by atoms with Crippen molar-refractivity contribution in [3.8, 4) is 0 Å². The summed E-state index contributed by atoms with van der Waals surface area (Å²) in [5, 5.41) is 0. The average molecular weight is 373 g/mol. The van der Waals surface area contributed by atoms with E-state index in [0.717, 1.165) is 23.3 Å². The standard InChI is InChI=1S/C16H12BrF3O2/c1-22-15(21)12-5-4-11(14(17)9-12)8-10-2-6-13(7-3-10)16(18,19)20/h2-7,9H,8H2,1H3. The third-order valence-electron chi connectivity index (χ3n) is 3.15. The molecule has 2 rings (SSSR count). The Bertz CT molecular complexity index is 679. The quantitative estimate of drug-likeness (QED) is 0.720. The number of alkyl halides is 3. The lowest BCUT2D eigenvalue weighted by Crippen LogP contribution is -2.04. The van der Waals surface area contributed by atoms with Crippen molar-refractivity contribution in [2.45, 2.75) is 12.6 Å². The molecule has 0 spiro atoms. The Kier molecular flexibility index (Phi) is 4.90. The van der Waals surface area contributed by atoms with Gasteiger partial charge in [0, 0.05) is 4.47 Å². The molecule has 22 heavy (non-hydrogen) atoms. The van der Waals surface area contributed by atoms with Crippen LogP contribution in [-0.2, 0) is 17.3 Å². The second-order valence-corrected chi connectivity index (χ2v) is 5.52. The number of ether oxygens (including phenoxy) is 1. The maximum absolute atomic E-state index is 12.5. The van der Waals surface area contributed by atoms with Gasteiger partial charge in [0.15, 0.2) is 0 Å². The number of halogens is 4. The molecule has 0 bridgehead atoms. The van der Waals surface area contributed by atoms with Crippen molar-refractivity contribution in [1.82, 2.24) is 0 Å². The van der Waals surface area contributed by atoms with Gasteiger partial charge >= 0.3 is 12.1 Å². The van der Waals surface area contributed by atoms with Crippen LogP contribution in [0.25, 0.3) is 0 Å². The minimum atomic E-state index is -4.33. The van der Waals surface area contributed by atoms with Gasteiger partial charge in [-0.15, -0.1) is 0 Å². The fourth-order valence-electron chi connectivity index (χ4n) is 1.97. The fraction of sp³-hybridized carbons (Fsp3) is 0.188. The van der Waals surface area contributed by atoms with Crippen LogP contribution >= 0.6 is 15.9 Å². The minimum absolute atomic E-state index is 0.408. The molecule has 0 aliphatic heterocycles. The molecule has 0 saturated carbocycles. The molecule has 2 aromatic carbocycles. The summed E-state index contributed by atoms with van der Waals surface area (Å²) in [6.45, 7) is 0. The third kappa shape index (κ3) is 3.88. The van der Waals surface area contributed by atoms with Crippen LogP contribution in [0.15, 0.2) is 46.9 Å². The summed E-state index contributed by atoms with van der Waals surface area (Å²) in [7, 11) is 1.30. The van der Waals surface area contributed by atoms with Crippen molar-refractivity contribution in [3.05, 3.63) is 69.2 Å². The number of hydrogen-bond donors (Lipinski definition) is 0. The number of rotatable bonds is 3. The molecule has 0 heterocycles. The van der Waals surface area contributed by atoms with E-state index >= 15 is 0 Å². The van der Waals surface area contributed by atoms with Crippen LogP contribution in [0, 0.1) is 0 Å². The highest BCUT2D eigenvalue weighted by molar-refractivity contribution is 9.10. The van der Waals surface area contributed by atoms with E-state index < -0.39 is 17.7 Å². The van der Waals surface area contributed by atoms with Gasteiger partial charge in [-0.05, 0) is 41.8 Å². The molecule has 2 aromatic rings. The molecule has 0 unspecified atom stereocenters. The molecule has 0 N–H and O–H groups in total. The topological polar surface area (TPSA) is 26.3 Å². The van der Waals surface area contributed by atoms with Crippen molar-refractivity contribution in [3.63, 3.8) is 0 Å². The zero-order chi connectivity index (χ0) is 16.3. The lowest BCUT2D eigenvalue weighted by atomic mass is 10.0. The summed E-state index contributed by atoms with van der Waals surface area (Å²) in [5.41, 5.74) is 1.36. The Morgan fingerprint density at radius 3 is 2.27 bits per heavy atom. The van der Waals surface area contributed by atoms with Crippen LogP contribution < -0.4 is 0 Å². The van der Waals surface area contributed by atoms with Crippen molar-refractivity contribution in [2.75, 3.05) is 7.11 Å². The Hall–Kier alpha value is -1.82. The number of hydrogen-bond acceptors (Lipinski definition) is 2. The first-order chi connectivity index (χ1) is 10.3. The van der Waals surface area contributed by atoms with Crippen LogP contribution in [0.4, 0.5) is 13.2 Å². The summed E-state index contributed by atoms with van der Waals surface area (Å²) in [6.07, 6.45) is -3.87. The predicted molar refractivity (Wildman–Crippen MR) is 79.7 cm³/mol. The summed E-state index contributed by atoms with van der Waals surface area (Å²) >= 11 is 3.36. The zero-order valence-corrected chi connectivity index (χ0v) is 13.2. The smallest absolute Gasteiger partial charge is 0.416 e. The molecule has 0 saturated heterocycles. The first-order valence-electron chi connectivity index (χ1n) is 6.34. The fourth-order valence-corrected chi connectivity index (χ4v) is 2.49. The monoisotopic (exact) mass is 372 g/mol. The molecule has 6 heteroatoms. The van der Waals surface area contributed by atoms with Crippen LogP contribution in [-0.4, -0.2) is 13.1 Å². The van der Waals surface area contributed by atoms with Crippen molar-refractivity contribution >= 4 is 21.9 Å². The molecule has 116 valence electrons. The zero-order valence-electron chi connectivity index (χ0n) is 11.6. The van der Waals surface area contributed by atoms with Gasteiger partial charge in [0.1, 0.15) is 0 Å². The van der Waals surface area contributed by atoms with Crippen LogP contribution in [0.2, 0.25) is 0 Å². The van der Waals surface area contributed by atoms with E-state index in [1.165, 1.54) is 19.2 Å². The maximum atomic E-state index is 12.5. The highest BCUT2D eigenvalue weighted by Gasteiger charge is 2.29. The molecule has 0 atom stereocenters. The Balaban J connectivity index is 2.19. The second-order valence-electron chi connectivity index (χ2n) is 4.67. The van der Waals surface area contributed by atoms with Gasteiger partial charge in [-0.3, -0.25) is 0 Å². The number of methoxy groups -OCH3 is 1. The number of carbonyl (C=O) groups excluding carboxylic acids is 1. The highest BCUT2D eigenvalue weighted by Crippen LogP contribution is 2.30. The van der Waals surface area contributed by atoms with Gasteiger partial charge in [0.2, 0.25) is 0 Å². The van der Waals surface area contributed by atoms with E-state index in [0.29, 0.717) is 16.5 Å². The van der Waals surface area contributed by atoms with E-state index in [2.05, 4.69) is 20.7 Å². The number of benzene rings is 2. The highest BCUT2D eigenvalue weighted by atomic mass is 79.9. The van der Waals surface area contributed by atoms with E-state index in [-0.39, 0.29) is 0 Å². The van der Waals surface area contributed by atoms with E-state index in [9.17, 15) is 18.0 Å². The summed E-state index contributed by atoms with van der Waals surface area (Å²) < 4.78 is 42.9. The van der Waals surface area contributed by atoms with Gasteiger partial charge < -0.3 is 4.74 Å². The first-order valence-corrected chi connectivity index (χ1v) is 7.13. The van der Waals surface area contributed by atoms with E-state index in [1.54, 1.807) is 18.2 Å². The maximum Gasteiger partial charge on any atom is 0.416 e. The molecule has 0 fully saturated rings. The minimum Gasteiger partial charge on any atom is -0.465 e. The van der Waals surface area contributed by atoms with Gasteiger partial charge in [-0.1, -0.05) is 34.1 Å². The van der Waals surface area contributed by atoms with E-state index in [4.69, 9.17) is 0 Å². The van der Waals surface area contributed by atoms with Gasteiger partial charge in [0.25, 0.3) is 0 Å². The van der Waals surface area contributed by atoms with Crippen molar-refractivity contribution in [1.29, 1.82) is 0 Å². The van der Waals surface area contributed by atoms with Crippen molar-refractivity contribution < 1.29 is 22.7 Å². The molecule has 2 nitrogen and oxygen atoms in total. The summed E-state index contributed by atoms with van der Waals surface area (Å²) in [6, 6.07) is 10.0. The van der Waals surface area contributed by atoms with Crippen LogP contribution in [0.3, 0.4) is 0 Å². The first kappa shape index (κ1) is 16.5. The van der Waals surface area contributed by atoms with Gasteiger partial charge in [-0.2, -0.15) is 13.2 Å². The molecule has 0 aliphatic rings. The largest absolute Gasteiger partial charge is 0.465 e. The second kappa shape index (κ2) is 6.52. The summed E-state index contributed by atoms with van der Waals surface area (Å²) in [4.78, 5) is 11.4. The Morgan fingerprint density at radius 1 is 1.14 bits per heavy atom. The van der Waals surface area contributed by atoms with Crippen LogP contribution in [0.5, 0.6) is 0 Å². The normalized spacial score (nSPS) is 11.3. The SMILES string of the molecule is COC(=O)c1ccc(Cc2ccc(C(F)(F)F)cc2)c(Br)c1. The van der Waals surface area contributed by atoms with Crippen LogP contribution in [0.1, 0.15) is 27.0 Å². The molecule has 0 amide bonds. The summed E-state index contributed by atoms with van der Waals surface area (Å²) in [5.74, 6) is -0.443. The third-order valence-corrected chi connectivity index (χ3v) is 3.89. The molecule has 0 radical (unpaired) electrons. The molecular formula is C16H12BrF3O2. The molecule has 0 aromatic heterocycles. The van der Waals surface area contributed by atoms with Gasteiger partial charge in [-0.25, -0.2) is 4.79 Å². The Labute approximate surface area is 134 Å². The lowest BCUT2D eigenvalue weighted by molar-refractivity contribution is -0.137. The lowest BCUT2D eigenvalue weighted by Gasteiger charge is -2.09. The van der Waals surface area contributed by atoms with Gasteiger partial charge in [0.05, 0.1) is 18.2 Å². The van der Waals surface area contributed by atoms with Crippen molar-refractivity contribution in [2.24, 2.45) is 0 Å². The predicted octanol–water partition coefficient (Wildman–Crippen LogP) is 4.85. The number of carbonyl (C=O) groups is 1. The average Bonchev–Trinajstić information content (AvgIpc) is 2.48. The molecule has 0 aliphatic carbocycles.